The number of nitriles is 1. The molecule has 0 aliphatic carbocycles. The number of carbonyl (C=O) groups excluding carboxylic acids is 6. The number of aryl methyl sites for hydroxylation is 3. The number of nitrogens with one attached hydrogen (secondary N) is 6. The van der Waals surface area contributed by atoms with E-state index in [0.717, 1.165) is 29.1 Å². The first-order valence-electron chi connectivity index (χ1n) is 43.4. The van der Waals surface area contributed by atoms with Crippen molar-refractivity contribution in [3.63, 3.8) is 0 Å². The Hall–Kier alpha value is -21.6. The van der Waals surface area contributed by atoms with Crippen LogP contribution in [0.15, 0.2) is 355 Å². The standard InChI is InChI=1S/C19H11F2N3O2.C19H12FN3O2.C19H14N4O2.C19H13N3O2.2C17H13FN4O2/c1-2-12-4-3-5-13(6-12)19(25)24-14-7-16(20)18(21)17(8-14)26-15-9-22-11-23-10-15;1-2-13-4-3-5-14(8-13)19(24)23-15-6-7-17(20)18(9-15)25-16-10-21-12-22-11-16;1-13-3-2-4-15(5-13)19(24)23-16-6-14(9-20)7-17(8-16)25-18-10-21-12-22-11-18;1-2-14-5-3-6-15(9-14)19(23)22-16-7-4-8-17(10-16)24-18-11-20-13-21-12-18;2*1-11-3-2-4-16(21-11)17(23)22-13-5-12(18)6-14(7-13)24-15-8-19-10-20-9-15/h1,3-11H,(H,24,25);1,3-12H,(H,23,24);2-8,10-12H,1H3,(H,23,24);1,3-13H,(H,22,23);2*2-10H,1H3,(H,22,23). The summed E-state index contributed by atoms with van der Waals surface area (Å²) in [4.78, 5) is 128. The summed E-state index contributed by atoms with van der Waals surface area (Å²) in [5.41, 5.74) is 8.79. The van der Waals surface area contributed by atoms with Gasteiger partial charge in [-0.2, -0.15) is 9.65 Å². The third kappa shape index (κ3) is 32.5. The Labute approximate surface area is 841 Å². The van der Waals surface area contributed by atoms with Gasteiger partial charge in [0.25, 0.3) is 35.4 Å². The molecule has 33 nitrogen and oxygen atoms in total. The summed E-state index contributed by atoms with van der Waals surface area (Å²) in [6, 6.07) is 65.1. The summed E-state index contributed by atoms with van der Waals surface area (Å²) in [5.74, 6) is 4.16. The number of benzene rings is 10. The van der Waals surface area contributed by atoms with Crippen LogP contribution < -0.4 is 60.3 Å². The molecule has 0 atom stereocenters. The van der Waals surface area contributed by atoms with Gasteiger partial charge in [-0.1, -0.05) is 71.9 Å². The lowest BCUT2D eigenvalue weighted by atomic mass is 10.1. The maximum atomic E-state index is 14.0. The molecule has 0 radical (unpaired) electrons. The summed E-state index contributed by atoms with van der Waals surface area (Å²) < 4.78 is 102. The summed E-state index contributed by atoms with van der Waals surface area (Å²) in [7, 11) is 0. The number of ether oxygens (including phenoxy) is 6. The van der Waals surface area contributed by atoms with Crippen molar-refractivity contribution in [3.8, 4) is 112 Å². The number of carbonyl (C=O) groups is 6. The number of anilines is 6. The van der Waals surface area contributed by atoms with Crippen molar-refractivity contribution < 1.29 is 79.1 Å². The van der Waals surface area contributed by atoms with Crippen LogP contribution in [0.25, 0.3) is 0 Å². The van der Waals surface area contributed by atoms with Gasteiger partial charge in [-0.05, 0) is 160 Å². The minimum atomic E-state index is -1.19. The van der Waals surface area contributed by atoms with E-state index in [1.165, 1.54) is 161 Å². The van der Waals surface area contributed by atoms with Crippen molar-refractivity contribution in [2.75, 3.05) is 31.9 Å². The van der Waals surface area contributed by atoms with Gasteiger partial charge in [0.15, 0.2) is 57.6 Å². The highest BCUT2D eigenvalue weighted by molar-refractivity contribution is 6.08. The predicted octanol–water partition coefficient (Wildman–Crippen LogP) is 21.4. The molecular formula is C110H76F5N21O12. The fourth-order valence-corrected chi connectivity index (χ4v) is 12.6. The number of pyridine rings is 2. The second-order valence-electron chi connectivity index (χ2n) is 30.3. The van der Waals surface area contributed by atoms with Crippen LogP contribution in [0.5, 0.6) is 69.0 Å². The Morgan fingerprint density at radius 1 is 0.270 bits per heavy atom. The van der Waals surface area contributed by atoms with Crippen LogP contribution in [-0.4, -0.2) is 105 Å². The highest BCUT2D eigenvalue weighted by atomic mass is 19.2. The Balaban J connectivity index is 0.000000148. The minimum absolute atomic E-state index is 0.0202. The number of hydrogen-bond donors (Lipinski definition) is 6. The van der Waals surface area contributed by atoms with Gasteiger partial charge in [0.2, 0.25) is 5.82 Å². The molecule has 728 valence electrons. The summed E-state index contributed by atoms with van der Waals surface area (Å²) >= 11 is 0. The number of terminal acetylenes is 3. The fraction of sp³-hybridized carbons (Fsp3) is 0.0273. The van der Waals surface area contributed by atoms with Gasteiger partial charge >= 0.3 is 0 Å². The normalized spacial score (nSPS) is 10.0. The molecule has 0 fully saturated rings. The average molecular weight is 1980 g/mol. The van der Waals surface area contributed by atoms with E-state index in [1.807, 2.05) is 19.1 Å². The summed E-state index contributed by atoms with van der Waals surface area (Å²) in [6.45, 7) is 5.49. The van der Waals surface area contributed by atoms with Gasteiger partial charge < -0.3 is 60.3 Å². The third-order valence-corrected chi connectivity index (χ3v) is 19.1. The Bertz CT molecular complexity index is 7800. The number of nitrogens with zero attached hydrogens (tertiary/aromatic N) is 15. The quantitative estimate of drug-likeness (QED) is 0.0242. The molecule has 148 heavy (non-hydrogen) atoms. The Kier molecular flexibility index (Phi) is 36.8. The zero-order chi connectivity index (χ0) is 104. The summed E-state index contributed by atoms with van der Waals surface area (Å²) in [5, 5.41) is 25.2. The zero-order valence-electron chi connectivity index (χ0n) is 77.7. The molecule has 6 N–H and O–H groups in total. The fourth-order valence-electron chi connectivity index (χ4n) is 12.6. The molecule has 0 bridgehead atoms. The molecule has 8 aromatic heterocycles. The van der Waals surface area contributed by atoms with Crippen molar-refractivity contribution in [2.45, 2.75) is 20.8 Å². The second kappa shape index (κ2) is 52.4. The van der Waals surface area contributed by atoms with E-state index in [9.17, 15) is 56.0 Å². The molecule has 10 aromatic carbocycles. The average Bonchev–Trinajstić information content (AvgIpc) is 0.822. The van der Waals surface area contributed by atoms with Crippen LogP contribution in [0.4, 0.5) is 56.1 Å². The third-order valence-electron chi connectivity index (χ3n) is 19.1. The monoisotopic (exact) mass is 1980 g/mol. The van der Waals surface area contributed by atoms with Crippen LogP contribution in [0, 0.1) is 98.2 Å². The number of amides is 6. The highest BCUT2D eigenvalue weighted by Gasteiger charge is 2.20. The van der Waals surface area contributed by atoms with Crippen molar-refractivity contribution in [1.29, 1.82) is 5.26 Å². The molecule has 0 unspecified atom stereocenters. The van der Waals surface area contributed by atoms with Crippen molar-refractivity contribution in [3.05, 3.63) is 457 Å². The number of aromatic nitrogens is 14. The number of halogens is 5. The molecule has 0 saturated heterocycles. The van der Waals surface area contributed by atoms with E-state index in [2.05, 4.69) is 126 Å². The molecular weight excluding hydrogens is 1900 g/mol. The smallest absolute Gasteiger partial charge is 0.274 e. The van der Waals surface area contributed by atoms with Crippen molar-refractivity contribution >= 4 is 69.6 Å². The van der Waals surface area contributed by atoms with Crippen LogP contribution in [0.1, 0.15) is 102 Å². The van der Waals surface area contributed by atoms with Crippen LogP contribution in [0.3, 0.4) is 0 Å². The van der Waals surface area contributed by atoms with Gasteiger partial charge in [-0.15, -0.1) is 19.3 Å². The highest BCUT2D eigenvalue weighted by Crippen LogP contribution is 2.34. The van der Waals surface area contributed by atoms with E-state index in [-0.39, 0.29) is 80.5 Å². The van der Waals surface area contributed by atoms with Gasteiger partial charge in [0, 0.05) is 139 Å². The Morgan fingerprint density at radius 2 is 0.588 bits per heavy atom. The lowest BCUT2D eigenvalue weighted by Gasteiger charge is -2.10. The molecule has 6 amide bonds. The lowest BCUT2D eigenvalue weighted by molar-refractivity contribution is 0.101. The van der Waals surface area contributed by atoms with E-state index < -0.39 is 52.6 Å². The largest absolute Gasteiger partial charge is 0.454 e. The minimum Gasteiger partial charge on any atom is -0.454 e. The Morgan fingerprint density at radius 3 is 0.980 bits per heavy atom. The molecule has 0 aliphatic rings. The number of hydrogen-bond acceptors (Lipinski definition) is 27. The maximum Gasteiger partial charge on any atom is 0.274 e. The summed E-state index contributed by atoms with van der Waals surface area (Å²) in [6.07, 6.45) is 41.5. The SMILES string of the molecule is C#Cc1cccc(C(=O)Nc2cc(F)c(F)c(Oc3cncnc3)c2)c1.C#Cc1cccc(C(=O)Nc2ccc(F)c(Oc3cncnc3)c2)c1.C#Cc1cccc(C(=O)Nc2cccc(Oc3cncnc3)c2)c1.Cc1cccc(C(=O)Nc2cc(C#N)cc(Oc3cncnc3)c2)c1.Cc1cccc(C(=O)Nc2cc(F)cc(Oc3cncnc3)c2)n1.Cc1cccc(C(=O)Nc2cc(F)cc(Oc3cncnc3)c2)n1. The zero-order valence-corrected chi connectivity index (χ0v) is 77.7. The molecule has 18 aromatic rings. The lowest BCUT2D eigenvalue weighted by Crippen LogP contribution is -2.14. The topological polar surface area (TPSA) is 434 Å². The second-order valence-corrected chi connectivity index (χ2v) is 30.3. The molecule has 0 spiro atoms. The van der Waals surface area contributed by atoms with Crippen molar-refractivity contribution in [1.82, 2.24) is 69.8 Å². The van der Waals surface area contributed by atoms with Crippen LogP contribution >= 0.6 is 0 Å². The predicted molar refractivity (Wildman–Crippen MR) is 536 cm³/mol. The first-order chi connectivity index (χ1) is 71.8. The molecule has 18 rings (SSSR count). The van der Waals surface area contributed by atoms with E-state index in [0.29, 0.717) is 90.5 Å². The molecule has 0 saturated carbocycles. The van der Waals surface area contributed by atoms with Crippen LogP contribution in [-0.2, 0) is 0 Å². The van der Waals surface area contributed by atoms with Gasteiger partial charge in [-0.3, -0.25) is 28.8 Å². The van der Waals surface area contributed by atoms with Crippen molar-refractivity contribution in [2.24, 2.45) is 0 Å². The first-order valence-corrected chi connectivity index (χ1v) is 43.4. The number of rotatable bonds is 24. The van der Waals surface area contributed by atoms with Crippen LogP contribution in [0.2, 0.25) is 0 Å². The first kappa shape index (κ1) is 104. The molecule has 38 heteroatoms. The van der Waals surface area contributed by atoms with E-state index >= 15 is 0 Å². The van der Waals surface area contributed by atoms with Gasteiger partial charge in [0.05, 0.1) is 86.0 Å². The molecule has 0 aliphatic heterocycles. The van der Waals surface area contributed by atoms with E-state index in [1.54, 1.807) is 184 Å². The maximum absolute atomic E-state index is 14.0. The van der Waals surface area contributed by atoms with Gasteiger partial charge in [0.1, 0.15) is 84.0 Å². The molecule has 8 heterocycles. The van der Waals surface area contributed by atoms with E-state index in [4.69, 9.17) is 47.7 Å². The van der Waals surface area contributed by atoms with Gasteiger partial charge in [-0.25, -0.2) is 87.3 Å².